The van der Waals surface area contributed by atoms with E-state index < -0.39 is 17.4 Å². The highest BCUT2D eigenvalue weighted by atomic mass is 16.5. The molecule has 2 aromatic rings. The lowest BCUT2D eigenvalue weighted by Crippen LogP contribution is -2.50. The maximum Gasteiger partial charge on any atom is 0.305 e. The standard InChI is InChI=1S/C20H25NO5/c1-13(2)14-6-5-7-15(10-14)16-8-9-17(26-16)19(24)21-20(3,12-25-4)11-18(22)23/h5-10,13H,11-12H2,1-4H3,(H,21,24)(H,22,23). The highest BCUT2D eigenvalue weighted by Crippen LogP contribution is 2.26. The summed E-state index contributed by atoms with van der Waals surface area (Å²) in [6, 6.07) is 11.3. The molecule has 1 amide bonds. The van der Waals surface area contributed by atoms with Crippen molar-refractivity contribution >= 4 is 11.9 Å². The van der Waals surface area contributed by atoms with Crippen LogP contribution >= 0.6 is 0 Å². The third kappa shape index (κ3) is 4.95. The highest BCUT2D eigenvalue weighted by Gasteiger charge is 2.31. The summed E-state index contributed by atoms with van der Waals surface area (Å²) in [5, 5.41) is 11.8. The molecule has 0 aliphatic heterocycles. The van der Waals surface area contributed by atoms with Crippen molar-refractivity contribution in [3.05, 3.63) is 47.7 Å². The SMILES string of the molecule is COCC(C)(CC(=O)O)NC(=O)c1ccc(-c2cccc(C(C)C)c2)o1. The van der Waals surface area contributed by atoms with Crippen molar-refractivity contribution in [2.45, 2.75) is 38.6 Å². The van der Waals surface area contributed by atoms with Gasteiger partial charge in [-0.1, -0.05) is 32.0 Å². The number of aliphatic carboxylic acids is 1. The molecule has 26 heavy (non-hydrogen) atoms. The zero-order valence-electron chi connectivity index (χ0n) is 15.5. The topological polar surface area (TPSA) is 88.8 Å². The minimum absolute atomic E-state index is 0.0784. The van der Waals surface area contributed by atoms with Crippen molar-refractivity contribution in [1.29, 1.82) is 0 Å². The molecular formula is C20H25NO5. The lowest BCUT2D eigenvalue weighted by Gasteiger charge is -2.27. The van der Waals surface area contributed by atoms with Crippen LogP contribution in [0.3, 0.4) is 0 Å². The van der Waals surface area contributed by atoms with Crippen LogP contribution < -0.4 is 5.32 Å². The van der Waals surface area contributed by atoms with Gasteiger partial charge in [0.05, 0.1) is 18.6 Å². The van der Waals surface area contributed by atoms with Crippen molar-refractivity contribution in [3.63, 3.8) is 0 Å². The number of hydrogen-bond acceptors (Lipinski definition) is 4. The molecule has 0 spiro atoms. The van der Waals surface area contributed by atoms with Crippen molar-refractivity contribution in [2.75, 3.05) is 13.7 Å². The van der Waals surface area contributed by atoms with Gasteiger partial charge in [0.2, 0.25) is 0 Å². The molecule has 0 fully saturated rings. The normalized spacial score (nSPS) is 13.4. The number of carboxylic acids is 1. The molecule has 1 atom stereocenters. The molecule has 0 bridgehead atoms. The van der Waals surface area contributed by atoms with Crippen LogP contribution in [0, 0.1) is 0 Å². The molecule has 0 aliphatic carbocycles. The van der Waals surface area contributed by atoms with Crippen molar-refractivity contribution in [1.82, 2.24) is 5.32 Å². The molecule has 1 aromatic heterocycles. The van der Waals surface area contributed by atoms with Crippen LogP contribution in [-0.4, -0.2) is 36.2 Å². The third-order valence-corrected chi connectivity index (χ3v) is 4.09. The summed E-state index contributed by atoms with van der Waals surface area (Å²) in [5.41, 5.74) is 1.04. The number of methoxy groups -OCH3 is 1. The Bertz CT molecular complexity index is 780. The Morgan fingerprint density at radius 1 is 1.27 bits per heavy atom. The summed E-state index contributed by atoms with van der Waals surface area (Å²) in [7, 11) is 1.46. The summed E-state index contributed by atoms with van der Waals surface area (Å²) in [6.45, 7) is 5.92. The summed E-state index contributed by atoms with van der Waals surface area (Å²) >= 11 is 0. The second-order valence-corrected chi connectivity index (χ2v) is 6.96. The van der Waals surface area contributed by atoms with E-state index in [9.17, 15) is 9.59 Å². The molecule has 1 unspecified atom stereocenters. The van der Waals surface area contributed by atoms with Gasteiger partial charge in [-0.25, -0.2) is 0 Å². The van der Waals surface area contributed by atoms with Gasteiger partial charge in [0.1, 0.15) is 5.76 Å². The average molecular weight is 359 g/mol. The van der Waals surface area contributed by atoms with Gasteiger partial charge in [0.25, 0.3) is 5.91 Å². The quantitative estimate of drug-likeness (QED) is 0.750. The number of benzene rings is 1. The molecule has 0 saturated heterocycles. The predicted octanol–water partition coefficient (Wildman–Crippen LogP) is 3.68. The first-order valence-electron chi connectivity index (χ1n) is 8.47. The van der Waals surface area contributed by atoms with Crippen molar-refractivity contribution in [2.24, 2.45) is 0 Å². The number of amides is 1. The molecule has 2 rings (SSSR count). The van der Waals surface area contributed by atoms with Gasteiger partial charge in [0, 0.05) is 12.7 Å². The monoisotopic (exact) mass is 359 g/mol. The van der Waals surface area contributed by atoms with E-state index in [1.807, 2.05) is 24.3 Å². The molecule has 140 valence electrons. The van der Waals surface area contributed by atoms with E-state index >= 15 is 0 Å². The maximum absolute atomic E-state index is 12.5. The summed E-state index contributed by atoms with van der Waals surface area (Å²) in [5.74, 6) is -0.391. The minimum Gasteiger partial charge on any atom is -0.481 e. The molecular weight excluding hydrogens is 334 g/mol. The number of carboxylic acid groups (broad SMARTS) is 1. The lowest BCUT2D eigenvalue weighted by atomic mass is 9.99. The van der Waals surface area contributed by atoms with Crippen molar-refractivity contribution in [3.8, 4) is 11.3 Å². The first-order chi connectivity index (χ1) is 12.2. The second-order valence-electron chi connectivity index (χ2n) is 6.96. The van der Waals surface area contributed by atoms with E-state index in [0.29, 0.717) is 11.7 Å². The van der Waals surface area contributed by atoms with Gasteiger partial charge in [-0.15, -0.1) is 0 Å². The molecule has 0 saturated carbocycles. The van der Waals surface area contributed by atoms with Crippen molar-refractivity contribution < 1.29 is 23.8 Å². The van der Waals surface area contributed by atoms with Gasteiger partial charge in [-0.3, -0.25) is 9.59 Å². The fourth-order valence-electron chi connectivity index (χ4n) is 2.79. The van der Waals surface area contributed by atoms with E-state index in [1.165, 1.54) is 12.7 Å². The van der Waals surface area contributed by atoms with Gasteiger partial charge in [-0.2, -0.15) is 0 Å². The first-order valence-corrected chi connectivity index (χ1v) is 8.47. The number of nitrogens with one attached hydrogen (secondary N) is 1. The lowest BCUT2D eigenvalue weighted by molar-refractivity contribution is -0.139. The molecule has 0 aliphatic rings. The number of rotatable bonds is 8. The smallest absolute Gasteiger partial charge is 0.305 e. The largest absolute Gasteiger partial charge is 0.481 e. The van der Waals surface area contributed by atoms with Crippen LogP contribution in [0.25, 0.3) is 11.3 Å². The van der Waals surface area contributed by atoms with Crippen LogP contribution in [-0.2, 0) is 9.53 Å². The Morgan fingerprint density at radius 3 is 2.62 bits per heavy atom. The zero-order valence-corrected chi connectivity index (χ0v) is 15.5. The Balaban J connectivity index is 2.19. The third-order valence-electron chi connectivity index (χ3n) is 4.09. The molecule has 2 N–H and O–H groups in total. The number of ether oxygens (including phenoxy) is 1. The van der Waals surface area contributed by atoms with Gasteiger partial charge < -0.3 is 19.6 Å². The molecule has 0 radical (unpaired) electrons. The Kier molecular flexibility index (Phi) is 6.21. The van der Waals surface area contributed by atoms with Gasteiger partial charge in [0.15, 0.2) is 5.76 Å². The van der Waals surface area contributed by atoms with Crippen LogP contribution in [0.5, 0.6) is 0 Å². The molecule has 6 heteroatoms. The number of carbonyl (C=O) groups is 2. The Labute approximate surface area is 153 Å². The number of furan rings is 1. The van der Waals surface area contributed by atoms with E-state index in [1.54, 1.807) is 19.1 Å². The fraction of sp³-hybridized carbons (Fsp3) is 0.400. The van der Waals surface area contributed by atoms with Gasteiger partial charge >= 0.3 is 5.97 Å². The zero-order chi connectivity index (χ0) is 19.3. The van der Waals surface area contributed by atoms with Gasteiger partial charge in [-0.05, 0) is 36.6 Å². The summed E-state index contributed by atoms with van der Waals surface area (Å²) in [4.78, 5) is 23.5. The minimum atomic E-state index is -1.03. The fourth-order valence-corrected chi connectivity index (χ4v) is 2.79. The maximum atomic E-state index is 12.5. The average Bonchev–Trinajstić information content (AvgIpc) is 3.04. The second kappa shape index (κ2) is 8.19. The highest BCUT2D eigenvalue weighted by molar-refractivity contribution is 5.93. The number of carbonyl (C=O) groups excluding carboxylic acids is 1. The Hall–Kier alpha value is -2.60. The van der Waals surface area contributed by atoms with E-state index in [-0.39, 0.29) is 18.8 Å². The summed E-state index contributed by atoms with van der Waals surface area (Å²) < 4.78 is 10.7. The predicted molar refractivity (Wildman–Crippen MR) is 98.2 cm³/mol. The Morgan fingerprint density at radius 2 is 2.00 bits per heavy atom. The molecule has 1 heterocycles. The van der Waals surface area contributed by atoms with Crippen LogP contribution in [0.1, 0.15) is 49.2 Å². The van der Waals surface area contributed by atoms with Crippen LogP contribution in [0.15, 0.2) is 40.8 Å². The summed E-state index contributed by atoms with van der Waals surface area (Å²) in [6.07, 6.45) is -0.253. The number of hydrogen-bond donors (Lipinski definition) is 2. The molecule has 6 nitrogen and oxygen atoms in total. The first kappa shape index (κ1) is 19.7. The van der Waals surface area contributed by atoms with Crippen LogP contribution in [0.2, 0.25) is 0 Å². The van der Waals surface area contributed by atoms with E-state index in [4.69, 9.17) is 14.3 Å². The van der Waals surface area contributed by atoms with E-state index in [2.05, 4.69) is 19.2 Å². The van der Waals surface area contributed by atoms with E-state index in [0.717, 1.165) is 5.56 Å². The molecule has 1 aromatic carbocycles. The van der Waals surface area contributed by atoms with Crippen LogP contribution in [0.4, 0.5) is 0 Å².